The fourth-order valence-electron chi connectivity index (χ4n) is 8.50. The zero-order chi connectivity index (χ0) is 56.9. The van der Waals surface area contributed by atoms with Crippen molar-refractivity contribution in [3.05, 3.63) is 221 Å². The molecule has 18 nitrogen and oxygen atoms in total. The van der Waals surface area contributed by atoms with Crippen LogP contribution in [-0.2, 0) is 9.59 Å². The minimum Gasteiger partial charge on any atom is -0.481 e. The fraction of sp³-hybridized carbons (Fsp3) is 0.0161. The lowest BCUT2D eigenvalue weighted by Gasteiger charge is -2.08. The average Bonchev–Trinajstić information content (AvgIpc) is 4.35. The SMILES string of the molecule is CC(=O)O.O=COc1ccc(-c2c3nc(c(-c4ccc(C(=O)O)cc4)c4ccc([nH]4)c(-c4ccc(C(=O)O)cc4)c4nc(c(-c5ccc(C(=O)O)cc5)c5ccc2[nH]5)C=C4)C=C3)cc1.O=Cc1ccc(C(=O)O)cc1.c1cc[nH]c1. The van der Waals surface area contributed by atoms with Gasteiger partial charge in [0.25, 0.3) is 12.4 Å². The molecule has 2 aliphatic rings. The Morgan fingerprint density at radius 3 is 0.925 bits per heavy atom. The Bertz CT molecular complexity index is 3950. The third kappa shape index (κ3) is 12.9. The Morgan fingerprint density at radius 1 is 0.412 bits per heavy atom. The van der Waals surface area contributed by atoms with E-state index in [4.69, 9.17) is 29.7 Å². The van der Waals surface area contributed by atoms with Crippen molar-refractivity contribution in [1.29, 1.82) is 0 Å². The summed E-state index contributed by atoms with van der Waals surface area (Å²) in [4.78, 5) is 96.5. The quantitative estimate of drug-likeness (QED) is 0.0559. The van der Waals surface area contributed by atoms with Gasteiger partial charge in [-0.25, -0.2) is 29.1 Å². The molecule has 5 aromatic carbocycles. The molecule has 396 valence electrons. The maximum atomic E-state index is 11.8. The van der Waals surface area contributed by atoms with Gasteiger partial charge in [0.1, 0.15) is 12.0 Å². The van der Waals surface area contributed by atoms with Crippen LogP contribution in [0, 0.1) is 0 Å². The number of carboxylic acid groups (broad SMARTS) is 5. The molecule has 9 aromatic rings. The highest BCUT2D eigenvalue weighted by Gasteiger charge is 2.20. The highest BCUT2D eigenvalue weighted by molar-refractivity contribution is 6.01. The second kappa shape index (κ2) is 24.9. The number of carbonyl (C=O) groups is 7. The Morgan fingerprint density at radius 2 is 0.688 bits per heavy atom. The van der Waals surface area contributed by atoms with E-state index in [1.807, 2.05) is 85.2 Å². The van der Waals surface area contributed by atoms with Crippen molar-refractivity contribution >= 4 is 89.0 Å². The van der Waals surface area contributed by atoms with Gasteiger partial charge in [-0.1, -0.05) is 60.7 Å². The molecule has 0 unspecified atom stereocenters. The van der Waals surface area contributed by atoms with E-state index in [0.717, 1.165) is 18.1 Å². The lowest BCUT2D eigenvalue weighted by molar-refractivity contribution is -0.134. The molecule has 0 spiro atoms. The van der Waals surface area contributed by atoms with Gasteiger partial charge in [-0.2, -0.15) is 0 Å². The van der Waals surface area contributed by atoms with Crippen molar-refractivity contribution in [3.8, 4) is 50.3 Å². The number of rotatable bonds is 11. The molecular formula is C62H45N5O13. The van der Waals surface area contributed by atoms with Crippen molar-refractivity contribution in [2.75, 3.05) is 0 Å². The monoisotopic (exact) mass is 1070 g/mol. The number of hydrogen-bond donors (Lipinski definition) is 8. The zero-order valence-electron chi connectivity index (χ0n) is 42.0. The third-order valence-corrected chi connectivity index (χ3v) is 12.1. The molecule has 0 fully saturated rings. The summed E-state index contributed by atoms with van der Waals surface area (Å²) in [7, 11) is 0. The first-order valence-electron chi connectivity index (χ1n) is 24.1. The van der Waals surface area contributed by atoms with Crippen LogP contribution in [0.3, 0.4) is 0 Å². The summed E-state index contributed by atoms with van der Waals surface area (Å²) in [5.41, 5.74) is 11.7. The van der Waals surface area contributed by atoms with E-state index in [-0.39, 0.29) is 22.3 Å². The van der Waals surface area contributed by atoms with Crippen LogP contribution in [0.5, 0.6) is 5.75 Å². The summed E-state index contributed by atoms with van der Waals surface area (Å²) < 4.78 is 5.09. The standard InChI is InChI=1S/C48H30N4O8.C8H6O3.C4H5N.C2H4O2/c53-25-60-33-15-13-29(14-16-33)45-40-23-21-38(51-40)43(27-3-9-31(10-4-27)47(56)57)36-19-17-34(49-36)42(26-1-7-30(8-2-26)46(54)55)35-18-20-37(50-35)44(39-22-24-41(45)52-39)28-5-11-32(12-6-28)48(58)59;9-5-6-1-3-7(4-2-6)8(10)11;1-2-4-5-3-1;1-2(3)4/h1-25,49,52H,(H,54,55)(H,56,57)(H,58,59);1-5H,(H,10,11);1-5H;1H3,(H,3,4). The van der Waals surface area contributed by atoms with Gasteiger partial charge in [0.05, 0.1) is 45.0 Å². The molecule has 18 heteroatoms. The summed E-state index contributed by atoms with van der Waals surface area (Å²) in [6.07, 6.45) is 12.0. The van der Waals surface area contributed by atoms with Crippen LogP contribution in [-0.4, -0.2) is 93.1 Å². The summed E-state index contributed by atoms with van der Waals surface area (Å²) in [6.45, 7) is 1.45. The molecule has 0 radical (unpaired) electrons. The molecule has 0 saturated heterocycles. The number of ether oxygens (including phenoxy) is 1. The van der Waals surface area contributed by atoms with Crippen molar-refractivity contribution in [2.24, 2.45) is 0 Å². The van der Waals surface area contributed by atoms with E-state index in [1.54, 1.807) is 72.8 Å². The van der Waals surface area contributed by atoms with Crippen molar-refractivity contribution in [1.82, 2.24) is 24.9 Å². The second-order valence-electron chi connectivity index (χ2n) is 17.3. The molecule has 6 heterocycles. The maximum Gasteiger partial charge on any atom is 0.335 e. The number of benzene rings is 5. The first kappa shape index (κ1) is 54.7. The number of aldehydes is 1. The molecule has 0 saturated carbocycles. The fourth-order valence-corrected chi connectivity index (χ4v) is 8.50. The van der Waals surface area contributed by atoms with Gasteiger partial charge >= 0.3 is 23.9 Å². The number of aromatic carboxylic acids is 4. The predicted octanol–water partition coefficient (Wildman–Crippen LogP) is 12.3. The Hall–Kier alpha value is -11.5. The number of carbonyl (C=O) groups excluding carboxylic acids is 2. The normalized spacial score (nSPS) is 10.8. The van der Waals surface area contributed by atoms with Crippen molar-refractivity contribution in [2.45, 2.75) is 6.92 Å². The lowest BCUT2D eigenvalue weighted by atomic mass is 10.0. The molecule has 0 amide bonds. The van der Waals surface area contributed by atoms with Gasteiger partial charge in [-0.05, 0) is 144 Å². The maximum absolute atomic E-state index is 11.8. The first-order valence-corrected chi connectivity index (χ1v) is 24.1. The van der Waals surface area contributed by atoms with Gasteiger partial charge in [0, 0.05) is 69.2 Å². The number of nitrogens with zero attached hydrogens (tertiary/aromatic N) is 2. The van der Waals surface area contributed by atoms with Crippen molar-refractivity contribution < 1.29 is 63.8 Å². The highest BCUT2D eigenvalue weighted by atomic mass is 16.5. The largest absolute Gasteiger partial charge is 0.481 e. The molecule has 0 aliphatic carbocycles. The summed E-state index contributed by atoms with van der Waals surface area (Å²) >= 11 is 0. The molecule has 0 atom stereocenters. The minimum atomic E-state index is -1.06. The molecule has 11 rings (SSSR count). The first-order chi connectivity index (χ1) is 38.6. The van der Waals surface area contributed by atoms with E-state index in [1.165, 1.54) is 36.4 Å². The Balaban J connectivity index is 0.000000354. The number of H-pyrrole nitrogens is 3. The molecule has 8 N–H and O–H groups in total. The number of aromatic amines is 3. The third-order valence-electron chi connectivity index (χ3n) is 12.1. The molecular weight excluding hydrogens is 1020 g/mol. The van der Waals surface area contributed by atoms with E-state index in [2.05, 4.69) is 15.0 Å². The number of hydrogen-bond acceptors (Lipinski definition) is 10. The van der Waals surface area contributed by atoms with Gasteiger partial charge in [0.2, 0.25) is 0 Å². The second-order valence-corrected chi connectivity index (χ2v) is 17.3. The average molecular weight is 1070 g/mol. The molecule has 8 bridgehead atoms. The highest BCUT2D eigenvalue weighted by Crippen LogP contribution is 2.39. The minimum absolute atomic E-state index is 0.124. The van der Waals surface area contributed by atoms with Crippen LogP contribution in [0.15, 0.2) is 170 Å². The van der Waals surface area contributed by atoms with Gasteiger partial charge in [0.15, 0.2) is 0 Å². The van der Waals surface area contributed by atoms with E-state index in [0.29, 0.717) is 102 Å². The van der Waals surface area contributed by atoms with Gasteiger partial charge in [-0.15, -0.1) is 0 Å². The van der Waals surface area contributed by atoms with Crippen LogP contribution < -0.4 is 4.74 Å². The molecule has 80 heavy (non-hydrogen) atoms. The number of nitrogens with one attached hydrogen (secondary N) is 3. The summed E-state index contributed by atoms with van der Waals surface area (Å²) in [5.74, 6) is -4.62. The summed E-state index contributed by atoms with van der Waals surface area (Å²) in [6, 6.07) is 43.9. The van der Waals surface area contributed by atoms with E-state index < -0.39 is 29.8 Å². The van der Waals surface area contributed by atoms with Gasteiger partial charge in [-0.3, -0.25) is 14.4 Å². The van der Waals surface area contributed by atoms with Crippen LogP contribution >= 0.6 is 0 Å². The van der Waals surface area contributed by atoms with Crippen LogP contribution in [0.4, 0.5) is 0 Å². The van der Waals surface area contributed by atoms with Crippen LogP contribution in [0.25, 0.3) is 90.9 Å². The van der Waals surface area contributed by atoms with Crippen LogP contribution in [0.1, 0.15) is 81.5 Å². The smallest absolute Gasteiger partial charge is 0.335 e. The number of aromatic nitrogens is 5. The Labute approximate surface area is 454 Å². The van der Waals surface area contributed by atoms with Gasteiger partial charge < -0.3 is 45.2 Å². The zero-order valence-corrected chi connectivity index (χ0v) is 42.0. The lowest BCUT2D eigenvalue weighted by Crippen LogP contribution is -1.96. The number of carboxylic acids is 5. The Kier molecular flexibility index (Phi) is 17.0. The number of aliphatic carboxylic acids is 1. The van der Waals surface area contributed by atoms with E-state index in [9.17, 15) is 44.1 Å². The van der Waals surface area contributed by atoms with Crippen molar-refractivity contribution in [3.63, 3.8) is 0 Å². The molecule has 2 aliphatic heterocycles. The topological polar surface area (TPSA) is 303 Å². The predicted molar refractivity (Wildman–Crippen MR) is 301 cm³/mol. The molecule has 4 aromatic heterocycles. The van der Waals surface area contributed by atoms with E-state index >= 15 is 0 Å². The number of fused-ring (bicyclic) bond motifs is 8. The summed E-state index contributed by atoms with van der Waals surface area (Å²) in [5, 5.41) is 44.9. The van der Waals surface area contributed by atoms with Crippen LogP contribution in [0.2, 0.25) is 0 Å².